The first-order chi connectivity index (χ1) is 6.33. The van der Waals surface area contributed by atoms with Crippen LogP contribution in [0.4, 0.5) is 4.39 Å². The zero-order chi connectivity index (χ0) is 9.26. The Morgan fingerprint density at radius 2 is 2.15 bits per heavy atom. The number of aliphatic hydroxyl groups excluding tert-OH is 1. The van der Waals surface area contributed by atoms with E-state index in [1.54, 1.807) is 6.20 Å². The Hall–Kier alpha value is -1.35. The predicted octanol–water partition coefficient (Wildman–Crippen LogP) is 2.17. The minimum absolute atomic E-state index is 0.470. The van der Waals surface area contributed by atoms with E-state index in [2.05, 4.69) is 4.98 Å². The Morgan fingerprint density at radius 3 is 2.92 bits per heavy atom. The maximum Gasteiger partial charge on any atom is 0.150 e. The summed E-state index contributed by atoms with van der Waals surface area (Å²) in [5.41, 5.74) is 1.42. The molecule has 2 aromatic rings. The molecule has 1 unspecified atom stereocenters. The summed E-state index contributed by atoms with van der Waals surface area (Å²) in [4.78, 5) is 2.95. The second-order valence-corrected chi connectivity index (χ2v) is 2.94. The molecule has 1 heterocycles. The van der Waals surface area contributed by atoms with E-state index < -0.39 is 12.8 Å². The van der Waals surface area contributed by atoms with E-state index in [-0.39, 0.29) is 0 Å². The molecule has 1 atom stereocenters. The maximum atomic E-state index is 13.2. The van der Waals surface area contributed by atoms with Crippen LogP contribution in [0.2, 0.25) is 0 Å². The highest BCUT2D eigenvalue weighted by Crippen LogP contribution is 2.25. The zero-order valence-electron chi connectivity index (χ0n) is 7.00. The highest BCUT2D eigenvalue weighted by Gasteiger charge is 2.12. The fourth-order valence-electron chi connectivity index (χ4n) is 1.45. The second-order valence-electron chi connectivity index (χ2n) is 2.94. The molecule has 2 nitrogen and oxygen atoms in total. The van der Waals surface area contributed by atoms with E-state index in [0.717, 1.165) is 10.9 Å². The number of halogens is 1. The molecule has 2 N–H and O–H groups in total. The number of hydrogen-bond donors (Lipinski definition) is 2. The van der Waals surface area contributed by atoms with Crippen molar-refractivity contribution in [1.82, 2.24) is 4.98 Å². The molecular formula is C10H10FNO. The van der Waals surface area contributed by atoms with Crippen molar-refractivity contribution in [3.8, 4) is 0 Å². The molecule has 2 rings (SSSR count). The summed E-state index contributed by atoms with van der Waals surface area (Å²) < 4.78 is 13.2. The van der Waals surface area contributed by atoms with Crippen LogP contribution in [0, 0.1) is 0 Å². The van der Waals surface area contributed by atoms with Gasteiger partial charge >= 0.3 is 0 Å². The van der Waals surface area contributed by atoms with Gasteiger partial charge in [-0.1, -0.05) is 18.2 Å². The van der Waals surface area contributed by atoms with Crippen molar-refractivity contribution in [2.24, 2.45) is 0 Å². The van der Waals surface area contributed by atoms with E-state index in [0.29, 0.717) is 5.56 Å². The first-order valence-corrected chi connectivity index (χ1v) is 4.14. The van der Waals surface area contributed by atoms with Crippen LogP contribution >= 0.6 is 0 Å². The highest BCUT2D eigenvalue weighted by atomic mass is 19.1. The van der Waals surface area contributed by atoms with Crippen molar-refractivity contribution in [2.75, 3.05) is 6.61 Å². The second kappa shape index (κ2) is 3.18. The lowest BCUT2D eigenvalue weighted by Gasteiger charge is -2.01. The van der Waals surface area contributed by atoms with Crippen molar-refractivity contribution >= 4 is 10.9 Å². The van der Waals surface area contributed by atoms with Gasteiger partial charge in [0.2, 0.25) is 0 Å². The van der Waals surface area contributed by atoms with E-state index in [9.17, 15) is 4.39 Å². The topological polar surface area (TPSA) is 36.0 Å². The Kier molecular flexibility index (Phi) is 2.02. The summed E-state index contributed by atoms with van der Waals surface area (Å²) in [5, 5.41) is 9.51. The molecule has 0 saturated carbocycles. The number of aromatic nitrogens is 1. The third-order valence-electron chi connectivity index (χ3n) is 2.12. The lowest BCUT2D eigenvalue weighted by molar-refractivity contribution is 0.181. The first-order valence-electron chi connectivity index (χ1n) is 4.14. The van der Waals surface area contributed by atoms with Crippen molar-refractivity contribution in [1.29, 1.82) is 0 Å². The number of aliphatic hydroxyl groups is 1. The molecule has 0 radical (unpaired) electrons. The molecule has 3 heteroatoms. The molecule has 1 aromatic heterocycles. The van der Waals surface area contributed by atoms with Gasteiger partial charge in [0, 0.05) is 22.7 Å². The van der Waals surface area contributed by atoms with E-state index in [4.69, 9.17) is 5.11 Å². The summed E-state index contributed by atoms with van der Waals surface area (Å²) >= 11 is 0. The molecule has 0 amide bonds. The Morgan fingerprint density at radius 1 is 1.38 bits per heavy atom. The number of benzene rings is 1. The SMILES string of the molecule is OCC(F)c1c[nH]c2ccccc12. The summed E-state index contributed by atoms with van der Waals surface area (Å²) in [5.74, 6) is 0. The van der Waals surface area contributed by atoms with Crippen molar-refractivity contribution in [2.45, 2.75) is 6.17 Å². The van der Waals surface area contributed by atoms with Crippen molar-refractivity contribution in [3.63, 3.8) is 0 Å². The van der Waals surface area contributed by atoms with Gasteiger partial charge in [0.15, 0.2) is 6.17 Å². The molecule has 0 aliphatic carbocycles. The summed E-state index contributed by atoms with van der Waals surface area (Å²) in [6.07, 6.45) is 0.307. The minimum atomic E-state index is -1.30. The number of hydrogen-bond acceptors (Lipinski definition) is 1. The molecule has 1 aromatic carbocycles. The van der Waals surface area contributed by atoms with Gasteiger partial charge in [-0.25, -0.2) is 4.39 Å². The zero-order valence-corrected chi connectivity index (χ0v) is 7.00. The summed E-state index contributed by atoms with van der Waals surface area (Å²) in [6.45, 7) is -0.470. The number of aromatic amines is 1. The van der Waals surface area contributed by atoms with Crippen LogP contribution in [0.15, 0.2) is 30.5 Å². The number of H-pyrrole nitrogens is 1. The van der Waals surface area contributed by atoms with Crippen LogP contribution in [-0.2, 0) is 0 Å². The quantitative estimate of drug-likeness (QED) is 0.728. The highest BCUT2D eigenvalue weighted by molar-refractivity contribution is 5.83. The average Bonchev–Trinajstić information content (AvgIpc) is 2.60. The van der Waals surface area contributed by atoms with Crippen molar-refractivity contribution in [3.05, 3.63) is 36.0 Å². The van der Waals surface area contributed by atoms with Gasteiger partial charge in [0.1, 0.15) is 0 Å². The number of fused-ring (bicyclic) bond motifs is 1. The van der Waals surface area contributed by atoms with Gasteiger partial charge in [-0.15, -0.1) is 0 Å². The molecule has 0 aliphatic rings. The number of rotatable bonds is 2. The predicted molar refractivity (Wildman–Crippen MR) is 49.2 cm³/mol. The van der Waals surface area contributed by atoms with Gasteiger partial charge in [0.05, 0.1) is 6.61 Å². The molecule has 68 valence electrons. The van der Waals surface area contributed by atoms with Gasteiger partial charge in [-0.2, -0.15) is 0 Å². The third-order valence-corrected chi connectivity index (χ3v) is 2.12. The van der Waals surface area contributed by atoms with Gasteiger partial charge in [-0.05, 0) is 6.07 Å². The van der Waals surface area contributed by atoms with Crippen LogP contribution in [0.5, 0.6) is 0 Å². The molecule has 0 spiro atoms. The maximum absolute atomic E-state index is 13.2. The van der Waals surface area contributed by atoms with E-state index >= 15 is 0 Å². The number of alkyl halides is 1. The Bertz CT molecular complexity index is 410. The normalized spacial score (nSPS) is 13.4. The van der Waals surface area contributed by atoms with E-state index in [1.165, 1.54) is 0 Å². The Balaban J connectivity index is 2.57. The first kappa shape index (κ1) is 8.26. The monoisotopic (exact) mass is 179 g/mol. The molecule has 0 saturated heterocycles. The molecule has 0 aliphatic heterocycles. The summed E-state index contributed by atoms with van der Waals surface area (Å²) in [7, 11) is 0. The lowest BCUT2D eigenvalue weighted by atomic mass is 10.1. The fraction of sp³-hybridized carbons (Fsp3) is 0.200. The molecule has 0 fully saturated rings. The van der Waals surface area contributed by atoms with Crippen LogP contribution in [0.3, 0.4) is 0 Å². The lowest BCUT2D eigenvalue weighted by Crippen LogP contribution is -1.95. The molecular weight excluding hydrogens is 169 g/mol. The third kappa shape index (κ3) is 1.31. The van der Waals surface area contributed by atoms with E-state index in [1.807, 2.05) is 24.3 Å². The minimum Gasteiger partial charge on any atom is -0.393 e. The molecule has 0 bridgehead atoms. The average molecular weight is 179 g/mol. The van der Waals surface area contributed by atoms with Gasteiger partial charge in [-0.3, -0.25) is 0 Å². The number of para-hydroxylation sites is 1. The Labute approximate surface area is 75.0 Å². The smallest absolute Gasteiger partial charge is 0.150 e. The van der Waals surface area contributed by atoms with Crippen molar-refractivity contribution < 1.29 is 9.50 Å². The standard InChI is InChI=1S/C10H10FNO/c11-9(6-13)8-5-12-10-4-2-1-3-7(8)10/h1-5,9,12-13H,6H2. The number of nitrogens with one attached hydrogen (secondary N) is 1. The fourth-order valence-corrected chi connectivity index (χ4v) is 1.45. The van der Waals surface area contributed by atoms with Gasteiger partial charge < -0.3 is 10.1 Å². The van der Waals surface area contributed by atoms with Crippen LogP contribution < -0.4 is 0 Å². The van der Waals surface area contributed by atoms with Crippen LogP contribution in [-0.4, -0.2) is 16.7 Å². The largest absolute Gasteiger partial charge is 0.393 e. The van der Waals surface area contributed by atoms with Crippen LogP contribution in [0.25, 0.3) is 10.9 Å². The van der Waals surface area contributed by atoms with Gasteiger partial charge in [0.25, 0.3) is 0 Å². The van der Waals surface area contributed by atoms with Crippen LogP contribution in [0.1, 0.15) is 11.7 Å². The summed E-state index contributed by atoms with van der Waals surface area (Å²) in [6, 6.07) is 7.45. The molecule has 13 heavy (non-hydrogen) atoms.